The van der Waals surface area contributed by atoms with Crippen molar-refractivity contribution in [3.05, 3.63) is 45.5 Å². The number of rotatable bonds is 9. The Labute approximate surface area is 186 Å². The number of likely N-dealkylation sites (tertiary alicyclic amines) is 1. The molecule has 2 aromatic rings. The van der Waals surface area contributed by atoms with Crippen LogP contribution in [0.4, 0.5) is 0 Å². The molecule has 1 fully saturated rings. The number of nitrogens with two attached hydrogens (primary N) is 1. The van der Waals surface area contributed by atoms with Crippen molar-refractivity contribution in [3.8, 4) is 23.0 Å². The predicted molar refractivity (Wildman–Crippen MR) is 118 cm³/mol. The first-order valence-corrected chi connectivity index (χ1v) is 10.5. The molecule has 3 rings (SSSR count). The molecule has 2 heterocycles. The van der Waals surface area contributed by atoms with Crippen LogP contribution < -0.4 is 25.4 Å². The van der Waals surface area contributed by atoms with E-state index in [1.54, 1.807) is 12.1 Å². The number of carbonyl (C=O) groups is 1. The van der Waals surface area contributed by atoms with E-state index in [1.165, 1.54) is 33.8 Å². The highest BCUT2D eigenvalue weighted by Gasteiger charge is 2.29. The van der Waals surface area contributed by atoms with Gasteiger partial charge in [-0.2, -0.15) is 0 Å². The molecule has 9 heteroatoms. The van der Waals surface area contributed by atoms with Crippen molar-refractivity contribution < 1.29 is 28.5 Å². The zero-order valence-electron chi connectivity index (χ0n) is 18.7. The Morgan fingerprint density at radius 2 is 1.69 bits per heavy atom. The van der Waals surface area contributed by atoms with Crippen LogP contribution in [0.5, 0.6) is 23.0 Å². The molecule has 174 valence electrons. The Balaban J connectivity index is 2.12. The number of amides is 1. The van der Waals surface area contributed by atoms with Crippen LogP contribution in [-0.2, 0) is 11.3 Å². The van der Waals surface area contributed by atoms with Crippen molar-refractivity contribution >= 4 is 5.91 Å². The largest absolute Gasteiger partial charge is 0.502 e. The van der Waals surface area contributed by atoms with Gasteiger partial charge < -0.3 is 29.5 Å². The topological polar surface area (TPSA) is 124 Å². The van der Waals surface area contributed by atoms with Crippen LogP contribution in [0, 0.1) is 0 Å². The summed E-state index contributed by atoms with van der Waals surface area (Å²) in [6.45, 7) is 2.26. The highest BCUT2D eigenvalue weighted by atomic mass is 16.5. The normalized spacial score (nSPS) is 15.2. The molecule has 1 aromatic carbocycles. The minimum Gasteiger partial charge on any atom is -0.502 e. The fourth-order valence-electron chi connectivity index (χ4n) is 4.08. The standard InChI is InChI=1S/C23H30N2O7/c1-29-18-12-20(31-3)19(30-2)10-15(18)16(11-21(24)27)23-22(28)17(26)9-14(32-23)13-25-7-5-4-6-8-25/h9-10,12,16,28H,4-8,11,13H2,1-3H3,(H2,24,27). The van der Waals surface area contributed by atoms with E-state index in [-0.39, 0.29) is 12.2 Å². The summed E-state index contributed by atoms with van der Waals surface area (Å²) in [7, 11) is 4.44. The van der Waals surface area contributed by atoms with Gasteiger partial charge in [0, 0.05) is 24.1 Å². The summed E-state index contributed by atoms with van der Waals surface area (Å²) in [6.07, 6.45) is 3.14. The van der Waals surface area contributed by atoms with Gasteiger partial charge in [0.1, 0.15) is 11.5 Å². The van der Waals surface area contributed by atoms with Crippen molar-refractivity contribution in [1.82, 2.24) is 4.90 Å². The first kappa shape index (κ1) is 23.5. The summed E-state index contributed by atoms with van der Waals surface area (Å²) in [6, 6.07) is 4.53. The van der Waals surface area contributed by atoms with Gasteiger partial charge in [-0.3, -0.25) is 14.5 Å². The van der Waals surface area contributed by atoms with Gasteiger partial charge in [0.15, 0.2) is 17.3 Å². The third kappa shape index (κ3) is 5.16. The zero-order chi connectivity index (χ0) is 23.3. The zero-order valence-corrected chi connectivity index (χ0v) is 18.7. The van der Waals surface area contributed by atoms with Crippen molar-refractivity contribution in [2.75, 3.05) is 34.4 Å². The van der Waals surface area contributed by atoms with Gasteiger partial charge in [-0.25, -0.2) is 0 Å². The van der Waals surface area contributed by atoms with Crippen LogP contribution in [0.1, 0.15) is 48.7 Å². The van der Waals surface area contributed by atoms with E-state index in [9.17, 15) is 14.7 Å². The number of ether oxygens (including phenoxy) is 3. The molecule has 1 aliphatic rings. The molecule has 1 atom stereocenters. The molecule has 1 aromatic heterocycles. The van der Waals surface area contributed by atoms with E-state index in [0.29, 0.717) is 35.1 Å². The van der Waals surface area contributed by atoms with E-state index in [0.717, 1.165) is 25.9 Å². The van der Waals surface area contributed by atoms with E-state index in [4.69, 9.17) is 24.4 Å². The third-order valence-electron chi connectivity index (χ3n) is 5.66. The van der Waals surface area contributed by atoms with Gasteiger partial charge in [0.25, 0.3) is 0 Å². The number of nitrogens with zero attached hydrogens (tertiary/aromatic N) is 1. The molecule has 0 radical (unpaired) electrons. The molecular formula is C23H30N2O7. The maximum absolute atomic E-state index is 12.6. The molecule has 3 N–H and O–H groups in total. The molecule has 0 spiro atoms. The molecule has 0 saturated carbocycles. The van der Waals surface area contributed by atoms with Gasteiger partial charge in [0.2, 0.25) is 17.1 Å². The Bertz CT molecular complexity index is 1010. The Hall–Kier alpha value is -3.20. The average Bonchev–Trinajstić information content (AvgIpc) is 2.79. The average molecular weight is 447 g/mol. The van der Waals surface area contributed by atoms with Crippen LogP contribution in [0.3, 0.4) is 0 Å². The van der Waals surface area contributed by atoms with Crippen LogP contribution in [0.15, 0.2) is 27.4 Å². The number of primary amides is 1. The van der Waals surface area contributed by atoms with Crippen LogP contribution in [0.2, 0.25) is 0 Å². The lowest BCUT2D eigenvalue weighted by molar-refractivity contribution is -0.118. The summed E-state index contributed by atoms with van der Waals surface area (Å²) < 4.78 is 22.2. The maximum Gasteiger partial charge on any atom is 0.227 e. The van der Waals surface area contributed by atoms with Gasteiger partial charge in [-0.05, 0) is 32.0 Å². The fourth-order valence-corrected chi connectivity index (χ4v) is 4.08. The smallest absolute Gasteiger partial charge is 0.227 e. The molecule has 9 nitrogen and oxygen atoms in total. The number of aromatic hydroxyl groups is 1. The number of carbonyl (C=O) groups excluding carboxylic acids is 1. The van der Waals surface area contributed by atoms with Crippen LogP contribution >= 0.6 is 0 Å². The highest BCUT2D eigenvalue weighted by molar-refractivity contribution is 5.76. The van der Waals surface area contributed by atoms with Crippen LogP contribution in [0.25, 0.3) is 0 Å². The summed E-state index contributed by atoms with van der Waals surface area (Å²) >= 11 is 0. The van der Waals surface area contributed by atoms with E-state index in [2.05, 4.69) is 4.90 Å². The van der Waals surface area contributed by atoms with E-state index >= 15 is 0 Å². The van der Waals surface area contributed by atoms with Gasteiger partial charge >= 0.3 is 0 Å². The van der Waals surface area contributed by atoms with Crippen molar-refractivity contribution in [2.24, 2.45) is 5.73 Å². The lowest BCUT2D eigenvalue weighted by Crippen LogP contribution is -2.29. The minimum absolute atomic E-state index is 0.0335. The van der Waals surface area contributed by atoms with Crippen LogP contribution in [-0.4, -0.2) is 50.3 Å². The fraction of sp³-hybridized carbons (Fsp3) is 0.478. The lowest BCUT2D eigenvalue weighted by Gasteiger charge is -2.26. The van der Waals surface area contributed by atoms with E-state index in [1.807, 2.05) is 0 Å². The quantitative estimate of drug-likeness (QED) is 0.602. The monoisotopic (exact) mass is 446 g/mol. The number of hydrogen-bond acceptors (Lipinski definition) is 8. The lowest BCUT2D eigenvalue weighted by atomic mass is 9.90. The number of hydrogen-bond donors (Lipinski definition) is 2. The summed E-state index contributed by atoms with van der Waals surface area (Å²) in [5.41, 5.74) is 5.41. The SMILES string of the molecule is COc1cc(OC)c(C(CC(N)=O)c2oc(CN3CCCCC3)cc(=O)c2O)cc1OC. The van der Waals surface area contributed by atoms with Gasteiger partial charge in [-0.1, -0.05) is 6.42 Å². The number of methoxy groups -OCH3 is 3. The Morgan fingerprint density at radius 3 is 2.28 bits per heavy atom. The molecule has 1 unspecified atom stereocenters. The number of piperidine rings is 1. The van der Waals surface area contributed by atoms with Crippen molar-refractivity contribution in [2.45, 2.75) is 38.1 Å². The Kier molecular flexibility index (Phi) is 7.63. The second-order valence-electron chi connectivity index (χ2n) is 7.80. The molecule has 1 aliphatic heterocycles. The summed E-state index contributed by atoms with van der Waals surface area (Å²) in [4.78, 5) is 26.7. The Morgan fingerprint density at radius 1 is 1.06 bits per heavy atom. The summed E-state index contributed by atoms with van der Waals surface area (Å²) in [5.74, 6) is -0.480. The molecule has 32 heavy (non-hydrogen) atoms. The molecule has 1 amide bonds. The number of benzene rings is 1. The molecule has 1 saturated heterocycles. The van der Waals surface area contributed by atoms with E-state index < -0.39 is 23.0 Å². The van der Waals surface area contributed by atoms with Gasteiger partial charge in [-0.15, -0.1) is 0 Å². The first-order valence-electron chi connectivity index (χ1n) is 10.5. The second kappa shape index (κ2) is 10.4. The van der Waals surface area contributed by atoms with Crippen molar-refractivity contribution in [1.29, 1.82) is 0 Å². The van der Waals surface area contributed by atoms with Crippen molar-refractivity contribution in [3.63, 3.8) is 0 Å². The predicted octanol–water partition coefficient (Wildman–Crippen LogP) is 2.36. The summed E-state index contributed by atoms with van der Waals surface area (Å²) in [5, 5.41) is 10.6. The maximum atomic E-state index is 12.6. The van der Waals surface area contributed by atoms with Gasteiger partial charge in [0.05, 0.1) is 33.8 Å². The highest BCUT2D eigenvalue weighted by Crippen LogP contribution is 2.43. The molecule has 0 bridgehead atoms. The first-order chi connectivity index (χ1) is 15.4. The molecule has 0 aliphatic carbocycles. The molecular weight excluding hydrogens is 416 g/mol. The minimum atomic E-state index is -0.865. The third-order valence-corrected chi connectivity index (χ3v) is 5.66. The second-order valence-corrected chi connectivity index (χ2v) is 7.80.